The van der Waals surface area contributed by atoms with E-state index < -0.39 is 53.0 Å². The molecule has 1 heterocycles. The number of carbonyl (C=O) groups excluding carboxylic acids is 2. The van der Waals surface area contributed by atoms with Crippen LogP contribution < -0.4 is 10.6 Å². The predicted molar refractivity (Wildman–Crippen MR) is 101 cm³/mol. The SMILES string of the molecule is O=C(Nc1ncsc1C(=O)NCc1ccccc1C(F)(F)F)c1cc(F)c(O)c(F)c1. The Hall–Kier alpha value is -3.54. The highest BCUT2D eigenvalue weighted by molar-refractivity contribution is 7.12. The van der Waals surface area contributed by atoms with Crippen LogP contribution in [0.4, 0.5) is 27.8 Å². The average Bonchev–Trinajstić information content (AvgIpc) is 3.17. The van der Waals surface area contributed by atoms with E-state index in [1.165, 1.54) is 23.7 Å². The quantitative estimate of drug-likeness (QED) is 0.498. The summed E-state index contributed by atoms with van der Waals surface area (Å²) in [6.07, 6.45) is -4.60. The molecule has 3 N–H and O–H groups in total. The van der Waals surface area contributed by atoms with Crippen molar-refractivity contribution in [2.24, 2.45) is 0 Å². The zero-order chi connectivity index (χ0) is 22.8. The van der Waals surface area contributed by atoms with E-state index in [0.29, 0.717) is 12.1 Å². The van der Waals surface area contributed by atoms with Gasteiger partial charge in [0.25, 0.3) is 11.8 Å². The first-order valence-corrected chi connectivity index (χ1v) is 9.32. The second kappa shape index (κ2) is 8.68. The maximum Gasteiger partial charge on any atom is 0.416 e. The third kappa shape index (κ3) is 4.97. The molecule has 0 aliphatic rings. The fourth-order valence-corrected chi connectivity index (χ4v) is 3.24. The van der Waals surface area contributed by atoms with E-state index in [0.717, 1.165) is 17.4 Å². The molecule has 0 saturated carbocycles. The third-order valence-electron chi connectivity index (χ3n) is 4.05. The summed E-state index contributed by atoms with van der Waals surface area (Å²) >= 11 is 0.800. The first-order valence-electron chi connectivity index (χ1n) is 8.44. The minimum Gasteiger partial charge on any atom is -0.503 e. The standard InChI is InChI=1S/C19H12F5N3O3S/c20-12-5-10(6-13(21)14(12)28)17(29)27-16-15(31-8-26-16)18(30)25-7-9-3-1-2-4-11(9)19(22,23)24/h1-6,8,28H,7H2,(H,25,30)(H,27,29). The van der Waals surface area contributed by atoms with Crippen molar-refractivity contribution in [2.75, 3.05) is 5.32 Å². The van der Waals surface area contributed by atoms with Crippen molar-refractivity contribution >= 4 is 29.0 Å². The molecule has 3 rings (SSSR count). The number of hydrogen-bond acceptors (Lipinski definition) is 5. The molecule has 0 spiro atoms. The van der Waals surface area contributed by atoms with Gasteiger partial charge in [0.15, 0.2) is 23.2 Å². The van der Waals surface area contributed by atoms with Gasteiger partial charge in [-0.25, -0.2) is 13.8 Å². The maximum absolute atomic E-state index is 13.4. The van der Waals surface area contributed by atoms with E-state index in [-0.39, 0.29) is 16.3 Å². The number of phenolic OH excluding ortho intramolecular Hbond substituents is 1. The molecule has 0 aliphatic heterocycles. The lowest BCUT2D eigenvalue weighted by Crippen LogP contribution is -2.25. The summed E-state index contributed by atoms with van der Waals surface area (Å²) in [4.78, 5) is 28.3. The number of aromatic hydroxyl groups is 1. The van der Waals surface area contributed by atoms with Crippen LogP contribution in [0.2, 0.25) is 0 Å². The number of thiazole rings is 1. The molecule has 3 aromatic rings. The van der Waals surface area contributed by atoms with Gasteiger partial charge in [0.1, 0.15) is 4.88 Å². The van der Waals surface area contributed by atoms with Crippen molar-refractivity contribution in [3.8, 4) is 5.75 Å². The van der Waals surface area contributed by atoms with Crippen LogP contribution >= 0.6 is 11.3 Å². The lowest BCUT2D eigenvalue weighted by molar-refractivity contribution is -0.138. The van der Waals surface area contributed by atoms with Gasteiger partial charge >= 0.3 is 6.18 Å². The van der Waals surface area contributed by atoms with E-state index in [2.05, 4.69) is 15.6 Å². The number of amides is 2. The lowest BCUT2D eigenvalue weighted by Gasteiger charge is -2.13. The van der Waals surface area contributed by atoms with Crippen molar-refractivity contribution in [3.63, 3.8) is 0 Å². The minimum atomic E-state index is -4.60. The highest BCUT2D eigenvalue weighted by Crippen LogP contribution is 2.32. The number of rotatable bonds is 5. The molecule has 0 bridgehead atoms. The van der Waals surface area contributed by atoms with Crippen LogP contribution in [0, 0.1) is 11.6 Å². The van der Waals surface area contributed by atoms with Gasteiger partial charge in [-0.15, -0.1) is 11.3 Å². The summed E-state index contributed by atoms with van der Waals surface area (Å²) < 4.78 is 66.1. The van der Waals surface area contributed by atoms with Crippen LogP contribution in [0.3, 0.4) is 0 Å². The number of aromatic nitrogens is 1. The zero-order valence-corrected chi connectivity index (χ0v) is 16.1. The van der Waals surface area contributed by atoms with Gasteiger partial charge in [-0.05, 0) is 23.8 Å². The molecule has 0 atom stereocenters. The Bertz CT molecular complexity index is 1120. The Morgan fingerprint density at radius 3 is 2.35 bits per heavy atom. The van der Waals surface area contributed by atoms with Gasteiger partial charge < -0.3 is 15.7 Å². The van der Waals surface area contributed by atoms with Gasteiger partial charge in [0, 0.05) is 12.1 Å². The summed E-state index contributed by atoms with van der Waals surface area (Å²) in [7, 11) is 0. The topological polar surface area (TPSA) is 91.3 Å². The van der Waals surface area contributed by atoms with Crippen LogP contribution in [0.5, 0.6) is 5.75 Å². The minimum absolute atomic E-state index is 0.127. The molecule has 31 heavy (non-hydrogen) atoms. The van der Waals surface area contributed by atoms with Gasteiger partial charge in [-0.1, -0.05) is 18.2 Å². The first-order chi connectivity index (χ1) is 14.6. The molecule has 1 aromatic heterocycles. The number of phenols is 1. The summed E-state index contributed by atoms with van der Waals surface area (Å²) in [6, 6.07) is 5.90. The monoisotopic (exact) mass is 457 g/mol. The maximum atomic E-state index is 13.4. The van der Waals surface area contributed by atoms with Crippen LogP contribution in [0.25, 0.3) is 0 Å². The van der Waals surface area contributed by atoms with E-state index in [1.54, 1.807) is 0 Å². The molecule has 0 aliphatic carbocycles. The highest BCUT2D eigenvalue weighted by atomic mass is 32.1. The smallest absolute Gasteiger partial charge is 0.416 e. The number of carbonyl (C=O) groups is 2. The number of nitrogens with zero attached hydrogens (tertiary/aromatic N) is 1. The Kier molecular flexibility index (Phi) is 6.20. The van der Waals surface area contributed by atoms with Crippen LogP contribution in [-0.4, -0.2) is 21.9 Å². The molecule has 6 nitrogen and oxygen atoms in total. The number of hydrogen-bond donors (Lipinski definition) is 3. The summed E-state index contributed by atoms with van der Waals surface area (Å²) in [5.74, 6) is -6.03. The Balaban J connectivity index is 1.73. The number of alkyl halides is 3. The molecule has 12 heteroatoms. The Morgan fingerprint density at radius 2 is 1.71 bits per heavy atom. The van der Waals surface area contributed by atoms with Crippen molar-refractivity contribution in [2.45, 2.75) is 12.7 Å². The van der Waals surface area contributed by atoms with E-state index in [1.807, 2.05) is 0 Å². The summed E-state index contributed by atoms with van der Waals surface area (Å²) in [5, 5.41) is 13.6. The van der Waals surface area contributed by atoms with Crippen LogP contribution in [0.15, 0.2) is 41.9 Å². The molecule has 2 aromatic carbocycles. The molecule has 0 fully saturated rings. The van der Waals surface area contributed by atoms with Crippen LogP contribution in [0.1, 0.15) is 31.2 Å². The largest absolute Gasteiger partial charge is 0.503 e. The van der Waals surface area contributed by atoms with Crippen LogP contribution in [-0.2, 0) is 12.7 Å². The second-order valence-electron chi connectivity index (χ2n) is 6.11. The second-order valence-corrected chi connectivity index (χ2v) is 6.97. The van der Waals surface area contributed by atoms with Gasteiger partial charge in [-0.2, -0.15) is 13.2 Å². The number of nitrogens with one attached hydrogen (secondary N) is 2. The lowest BCUT2D eigenvalue weighted by atomic mass is 10.1. The average molecular weight is 457 g/mol. The predicted octanol–water partition coefficient (Wildman–Crippen LogP) is 4.33. The van der Waals surface area contributed by atoms with E-state index in [9.17, 15) is 31.5 Å². The van der Waals surface area contributed by atoms with Gasteiger partial charge in [-0.3, -0.25) is 9.59 Å². The van der Waals surface area contributed by atoms with Gasteiger partial charge in [0.05, 0.1) is 11.1 Å². The third-order valence-corrected chi connectivity index (χ3v) is 4.87. The number of halogens is 5. The fraction of sp³-hybridized carbons (Fsp3) is 0.105. The molecule has 2 amide bonds. The molecule has 0 radical (unpaired) electrons. The molecular weight excluding hydrogens is 445 g/mol. The molecule has 0 saturated heterocycles. The number of benzene rings is 2. The molecule has 162 valence electrons. The summed E-state index contributed by atoms with van der Waals surface area (Å²) in [6.45, 7) is -0.436. The van der Waals surface area contributed by atoms with Crippen molar-refractivity contribution in [1.29, 1.82) is 0 Å². The van der Waals surface area contributed by atoms with Crippen molar-refractivity contribution in [1.82, 2.24) is 10.3 Å². The number of anilines is 1. The molecule has 0 unspecified atom stereocenters. The van der Waals surface area contributed by atoms with Gasteiger partial charge in [0.2, 0.25) is 0 Å². The zero-order valence-electron chi connectivity index (χ0n) is 15.3. The molecular formula is C19H12F5N3O3S. The summed E-state index contributed by atoms with van der Waals surface area (Å²) in [5.41, 5.74) is -0.337. The van der Waals surface area contributed by atoms with Crippen molar-refractivity contribution < 1.29 is 36.6 Å². The fourth-order valence-electron chi connectivity index (χ4n) is 2.58. The highest BCUT2D eigenvalue weighted by Gasteiger charge is 2.33. The van der Waals surface area contributed by atoms with E-state index >= 15 is 0 Å². The Labute approximate surface area is 175 Å². The van der Waals surface area contributed by atoms with E-state index in [4.69, 9.17) is 5.11 Å². The normalized spacial score (nSPS) is 11.3. The first kappa shape index (κ1) is 22.2. The van der Waals surface area contributed by atoms with Crippen molar-refractivity contribution in [3.05, 3.63) is 75.1 Å². The Morgan fingerprint density at radius 1 is 1.06 bits per heavy atom.